The smallest absolute Gasteiger partial charge is 0.265 e. The molecule has 8 heteroatoms. The molecule has 0 aliphatic heterocycles. The first kappa shape index (κ1) is 21.9. The van der Waals surface area contributed by atoms with Crippen molar-refractivity contribution < 1.29 is 17.9 Å². The quantitative estimate of drug-likeness (QED) is 0.503. The molecule has 0 radical (unpaired) electrons. The Balaban J connectivity index is 1.92. The molecule has 6 nitrogen and oxygen atoms in total. The van der Waals surface area contributed by atoms with Crippen LogP contribution in [0.15, 0.2) is 70.0 Å². The number of ether oxygens (including phenoxy) is 1. The summed E-state index contributed by atoms with van der Waals surface area (Å²) in [6.07, 6.45) is 0. The van der Waals surface area contributed by atoms with Crippen molar-refractivity contribution in [3.63, 3.8) is 0 Å². The molecule has 30 heavy (non-hydrogen) atoms. The number of amides is 1. The van der Waals surface area contributed by atoms with Gasteiger partial charge in [0.2, 0.25) is 0 Å². The largest absolute Gasteiger partial charge is 0.495 e. The molecule has 0 bridgehead atoms. The number of sulfonamides is 1. The van der Waals surface area contributed by atoms with Gasteiger partial charge in [-0.15, -0.1) is 0 Å². The predicted octanol–water partition coefficient (Wildman–Crippen LogP) is 5.13. The molecule has 3 rings (SSSR count). The normalized spacial score (nSPS) is 11.1. The van der Waals surface area contributed by atoms with E-state index in [1.54, 1.807) is 36.4 Å². The van der Waals surface area contributed by atoms with Gasteiger partial charge in [-0.2, -0.15) is 0 Å². The molecule has 0 saturated heterocycles. The SMILES string of the molecule is COc1ccc(NC(=O)c2cc(C)ccc2C)cc1S(=O)(=O)Nc1ccc(Br)cc1. The number of nitrogens with one attached hydrogen (secondary N) is 2. The van der Waals surface area contributed by atoms with Crippen LogP contribution in [0, 0.1) is 13.8 Å². The van der Waals surface area contributed by atoms with Gasteiger partial charge in [-0.25, -0.2) is 8.42 Å². The zero-order chi connectivity index (χ0) is 21.9. The molecule has 1 amide bonds. The zero-order valence-corrected chi connectivity index (χ0v) is 19.1. The molecular weight excluding hydrogens is 468 g/mol. The third kappa shape index (κ3) is 5.01. The van der Waals surface area contributed by atoms with Gasteiger partial charge in [0.05, 0.1) is 7.11 Å². The van der Waals surface area contributed by atoms with Gasteiger partial charge in [-0.3, -0.25) is 9.52 Å². The van der Waals surface area contributed by atoms with Gasteiger partial charge in [-0.05, 0) is 67.9 Å². The van der Waals surface area contributed by atoms with Gasteiger partial charge >= 0.3 is 0 Å². The molecule has 0 aliphatic rings. The summed E-state index contributed by atoms with van der Waals surface area (Å²) in [7, 11) is -2.56. The highest BCUT2D eigenvalue weighted by molar-refractivity contribution is 9.10. The fraction of sp³-hybridized carbons (Fsp3) is 0.136. The summed E-state index contributed by atoms with van der Waals surface area (Å²) in [5, 5.41) is 2.77. The van der Waals surface area contributed by atoms with Crippen LogP contribution < -0.4 is 14.8 Å². The van der Waals surface area contributed by atoms with E-state index in [9.17, 15) is 13.2 Å². The van der Waals surface area contributed by atoms with Gasteiger partial charge < -0.3 is 10.1 Å². The maximum atomic E-state index is 13.0. The van der Waals surface area contributed by atoms with Crippen LogP contribution in [-0.4, -0.2) is 21.4 Å². The first-order valence-corrected chi connectivity index (χ1v) is 11.3. The Morgan fingerprint density at radius 1 is 0.933 bits per heavy atom. The lowest BCUT2D eigenvalue weighted by molar-refractivity contribution is 0.102. The number of halogens is 1. The predicted molar refractivity (Wildman–Crippen MR) is 122 cm³/mol. The first-order chi connectivity index (χ1) is 14.2. The number of methoxy groups -OCH3 is 1. The molecule has 0 atom stereocenters. The third-order valence-corrected chi connectivity index (χ3v) is 6.38. The van der Waals surface area contributed by atoms with Crippen LogP contribution in [0.1, 0.15) is 21.5 Å². The van der Waals surface area contributed by atoms with Crippen LogP contribution in [0.5, 0.6) is 5.75 Å². The molecule has 0 aromatic heterocycles. The minimum atomic E-state index is -3.95. The fourth-order valence-electron chi connectivity index (χ4n) is 2.87. The van der Waals surface area contributed by atoms with Crippen LogP contribution in [-0.2, 0) is 10.0 Å². The van der Waals surface area contributed by atoms with Crippen LogP contribution in [0.3, 0.4) is 0 Å². The lowest BCUT2D eigenvalue weighted by Gasteiger charge is -2.14. The Morgan fingerprint density at radius 3 is 2.27 bits per heavy atom. The lowest BCUT2D eigenvalue weighted by Crippen LogP contribution is -2.16. The summed E-state index contributed by atoms with van der Waals surface area (Å²) in [4.78, 5) is 12.6. The van der Waals surface area contributed by atoms with E-state index in [0.29, 0.717) is 16.9 Å². The Labute approximate surface area is 184 Å². The first-order valence-electron chi connectivity index (χ1n) is 9.04. The van der Waals surface area contributed by atoms with Gasteiger partial charge in [0.15, 0.2) is 0 Å². The highest BCUT2D eigenvalue weighted by atomic mass is 79.9. The highest BCUT2D eigenvalue weighted by Crippen LogP contribution is 2.29. The maximum absolute atomic E-state index is 13.0. The number of benzene rings is 3. The second kappa shape index (κ2) is 8.89. The summed E-state index contributed by atoms with van der Waals surface area (Å²) in [5.74, 6) is -0.144. The molecule has 0 unspecified atom stereocenters. The van der Waals surface area contributed by atoms with E-state index in [4.69, 9.17) is 4.74 Å². The minimum Gasteiger partial charge on any atom is -0.495 e. The Kier molecular flexibility index (Phi) is 6.48. The van der Waals surface area contributed by atoms with Crippen molar-refractivity contribution in [2.75, 3.05) is 17.1 Å². The van der Waals surface area contributed by atoms with Gasteiger partial charge in [0.1, 0.15) is 10.6 Å². The van der Waals surface area contributed by atoms with Gasteiger partial charge in [0, 0.05) is 21.4 Å². The molecule has 0 spiro atoms. The number of carbonyl (C=O) groups is 1. The average molecular weight is 489 g/mol. The molecule has 0 fully saturated rings. The number of rotatable bonds is 6. The number of hydrogen-bond donors (Lipinski definition) is 2. The molecule has 156 valence electrons. The van der Waals surface area contributed by atoms with Crippen molar-refractivity contribution >= 4 is 43.2 Å². The monoisotopic (exact) mass is 488 g/mol. The molecule has 0 heterocycles. The van der Waals surface area contributed by atoms with E-state index in [1.807, 2.05) is 26.0 Å². The maximum Gasteiger partial charge on any atom is 0.265 e. The van der Waals surface area contributed by atoms with Crippen molar-refractivity contribution in [2.45, 2.75) is 18.7 Å². The molecule has 0 saturated carbocycles. The Morgan fingerprint density at radius 2 is 1.60 bits per heavy atom. The molecule has 0 aliphatic carbocycles. The van der Waals surface area contributed by atoms with Gasteiger partial charge in [-0.1, -0.05) is 33.6 Å². The number of aryl methyl sites for hydroxylation is 2. The summed E-state index contributed by atoms with van der Waals surface area (Å²) < 4.78 is 34.5. The van der Waals surface area contributed by atoms with Crippen molar-refractivity contribution in [1.82, 2.24) is 0 Å². The summed E-state index contributed by atoms with van der Waals surface area (Å²) in [6.45, 7) is 3.75. The second-order valence-electron chi connectivity index (χ2n) is 6.75. The van der Waals surface area contributed by atoms with Gasteiger partial charge in [0.25, 0.3) is 15.9 Å². The molecule has 3 aromatic rings. The van der Waals surface area contributed by atoms with E-state index in [-0.39, 0.29) is 16.6 Å². The van der Waals surface area contributed by atoms with Crippen LogP contribution >= 0.6 is 15.9 Å². The van der Waals surface area contributed by atoms with Crippen molar-refractivity contribution in [3.8, 4) is 5.75 Å². The van der Waals surface area contributed by atoms with Crippen molar-refractivity contribution in [3.05, 3.63) is 81.8 Å². The molecule has 3 aromatic carbocycles. The summed E-state index contributed by atoms with van der Waals surface area (Å²) in [5.41, 5.74) is 3.07. The fourth-order valence-corrected chi connectivity index (χ4v) is 4.39. The van der Waals surface area contributed by atoms with Crippen LogP contribution in [0.25, 0.3) is 0 Å². The zero-order valence-electron chi connectivity index (χ0n) is 16.7. The van der Waals surface area contributed by atoms with Crippen molar-refractivity contribution in [2.24, 2.45) is 0 Å². The Hall–Kier alpha value is -2.84. The standard InChI is InChI=1S/C22H21BrN2O4S/c1-14-4-5-15(2)19(12-14)22(26)24-18-10-11-20(29-3)21(13-18)30(27,28)25-17-8-6-16(23)7-9-17/h4-13,25H,1-3H3,(H,24,26). The summed E-state index contributed by atoms with van der Waals surface area (Å²) >= 11 is 3.32. The average Bonchev–Trinajstić information content (AvgIpc) is 2.71. The van der Waals surface area contributed by atoms with E-state index >= 15 is 0 Å². The minimum absolute atomic E-state index is 0.0771. The van der Waals surface area contributed by atoms with Crippen LogP contribution in [0.2, 0.25) is 0 Å². The van der Waals surface area contributed by atoms with E-state index in [1.165, 1.54) is 19.2 Å². The van der Waals surface area contributed by atoms with E-state index in [2.05, 4.69) is 26.0 Å². The third-order valence-electron chi connectivity index (χ3n) is 4.45. The molecular formula is C22H21BrN2O4S. The number of anilines is 2. The topological polar surface area (TPSA) is 84.5 Å². The van der Waals surface area contributed by atoms with Crippen molar-refractivity contribution in [1.29, 1.82) is 0 Å². The second-order valence-corrected chi connectivity index (χ2v) is 9.32. The van der Waals surface area contributed by atoms with E-state index < -0.39 is 10.0 Å². The molecule has 2 N–H and O–H groups in total. The number of hydrogen-bond acceptors (Lipinski definition) is 4. The number of carbonyl (C=O) groups excluding carboxylic acids is 1. The van der Waals surface area contributed by atoms with E-state index in [0.717, 1.165) is 15.6 Å². The lowest BCUT2D eigenvalue weighted by atomic mass is 10.1. The Bertz CT molecular complexity index is 1190. The summed E-state index contributed by atoms with van der Waals surface area (Å²) in [6, 6.07) is 16.8. The highest BCUT2D eigenvalue weighted by Gasteiger charge is 2.21. The van der Waals surface area contributed by atoms with Crippen LogP contribution in [0.4, 0.5) is 11.4 Å².